The van der Waals surface area contributed by atoms with Crippen LogP contribution in [0.2, 0.25) is 10.0 Å². The van der Waals surface area contributed by atoms with Crippen LogP contribution in [-0.4, -0.2) is 24.5 Å². The Kier molecular flexibility index (Phi) is 12.3. The fourth-order valence-electron chi connectivity index (χ4n) is 2.70. The summed E-state index contributed by atoms with van der Waals surface area (Å²) < 4.78 is 0. The van der Waals surface area contributed by atoms with E-state index in [2.05, 4.69) is 16.9 Å². The first-order chi connectivity index (χ1) is 12.6. The fraction of sp³-hybridized carbons (Fsp3) is 0.318. The largest absolute Gasteiger partial charge is 0.342 e. The minimum Gasteiger partial charge on any atom is -0.342 e. The van der Waals surface area contributed by atoms with E-state index >= 15 is 0 Å². The summed E-state index contributed by atoms with van der Waals surface area (Å²) in [6, 6.07) is 15.7. The molecule has 1 aliphatic heterocycles. The fourth-order valence-corrected chi connectivity index (χ4v) is 3.22. The Labute approximate surface area is 198 Å². The van der Waals surface area contributed by atoms with Gasteiger partial charge in [-0.2, -0.15) is 6.42 Å². The second-order valence-corrected chi connectivity index (χ2v) is 6.88. The van der Waals surface area contributed by atoms with E-state index in [0.717, 1.165) is 52.8 Å². The Hall–Kier alpha value is -0.536. The van der Waals surface area contributed by atoms with Gasteiger partial charge in [-0.15, -0.1) is 0 Å². The normalized spacial score (nSPS) is 13.8. The summed E-state index contributed by atoms with van der Waals surface area (Å²) in [7, 11) is 0. The van der Waals surface area contributed by atoms with E-state index in [-0.39, 0.29) is 32.7 Å². The number of hydrogen-bond acceptors (Lipinski definition) is 2. The third kappa shape index (κ3) is 8.15. The molecule has 0 aromatic heterocycles. The van der Waals surface area contributed by atoms with Crippen LogP contribution in [0.4, 0.5) is 0 Å². The van der Waals surface area contributed by atoms with Crippen molar-refractivity contribution >= 4 is 34.6 Å². The van der Waals surface area contributed by atoms with Gasteiger partial charge >= 0.3 is 0 Å². The zero-order valence-corrected chi connectivity index (χ0v) is 20.1. The minimum atomic E-state index is 0. The molecule has 1 heterocycles. The SMILES string of the molecule is Clc1ccccc1C1=NCCCC1.[CH2-]CCN=C(C)c1ccccc1Cl.[Y]. The maximum absolute atomic E-state index is 6.08. The van der Waals surface area contributed by atoms with Gasteiger partial charge in [-0.1, -0.05) is 59.6 Å². The van der Waals surface area contributed by atoms with Crippen LogP contribution in [0.15, 0.2) is 58.5 Å². The molecule has 5 heteroatoms. The summed E-state index contributed by atoms with van der Waals surface area (Å²) in [5.41, 5.74) is 4.28. The van der Waals surface area contributed by atoms with Crippen LogP contribution < -0.4 is 0 Å². The maximum Gasteiger partial charge on any atom is 0.0496 e. The van der Waals surface area contributed by atoms with E-state index in [1.54, 1.807) is 0 Å². The summed E-state index contributed by atoms with van der Waals surface area (Å²) in [6.07, 6.45) is 4.35. The number of benzene rings is 2. The van der Waals surface area contributed by atoms with Crippen molar-refractivity contribution in [3.05, 3.63) is 76.6 Å². The Morgan fingerprint density at radius 2 is 1.70 bits per heavy atom. The first-order valence-corrected chi connectivity index (χ1v) is 9.72. The van der Waals surface area contributed by atoms with E-state index in [1.807, 2.05) is 55.5 Å². The van der Waals surface area contributed by atoms with Crippen molar-refractivity contribution in [2.75, 3.05) is 13.1 Å². The van der Waals surface area contributed by atoms with Crippen LogP contribution in [0.3, 0.4) is 0 Å². The van der Waals surface area contributed by atoms with E-state index < -0.39 is 0 Å². The molecule has 0 spiro atoms. The first-order valence-electron chi connectivity index (χ1n) is 8.97. The molecular weight excluding hydrogens is 452 g/mol. The zero-order valence-electron chi connectivity index (χ0n) is 15.8. The van der Waals surface area contributed by atoms with Crippen LogP contribution >= 0.6 is 23.2 Å². The molecule has 1 aliphatic rings. The molecule has 0 amide bonds. The van der Waals surface area contributed by atoms with Gasteiger partial charge in [0.25, 0.3) is 0 Å². The van der Waals surface area contributed by atoms with Crippen molar-refractivity contribution in [2.45, 2.75) is 32.6 Å². The Balaban J connectivity index is 0.000000260. The molecule has 0 atom stereocenters. The second-order valence-electron chi connectivity index (χ2n) is 6.07. The van der Waals surface area contributed by atoms with E-state index in [4.69, 9.17) is 23.2 Å². The van der Waals surface area contributed by atoms with Crippen LogP contribution in [0.1, 0.15) is 43.7 Å². The molecular formula is C22H25Cl2N2Y-. The second kappa shape index (κ2) is 13.6. The van der Waals surface area contributed by atoms with E-state index in [1.165, 1.54) is 18.6 Å². The first kappa shape index (κ1) is 24.5. The van der Waals surface area contributed by atoms with Crippen LogP contribution in [0.5, 0.6) is 0 Å². The molecule has 2 nitrogen and oxygen atoms in total. The van der Waals surface area contributed by atoms with Crippen molar-refractivity contribution < 1.29 is 32.7 Å². The molecule has 3 rings (SSSR count). The van der Waals surface area contributed by atoms with E-state index in [0.29, 0.717) is 0 Å². The van der Waals surface area contributed by atoms with Gasteiger partial charge in [0.05, 0.1) is 0 Å². The molecule has 141 valence electrons. The molecule has 2 aromatic rings. The van der Waals surface area contributed by atoms with Gasteiger partial charge in [0.2, 0.25) is 0 Å². The number of rotatable bonds is 4. The number of nitrogens with zero attached hydrogens (tertiary/aromatic N) is 2. The van der Waals surface area contributed by atoms with E-state index in [9.17, 15) is 0 Å². The Morgan fingerprint density at radius 1 is 1.04 bits per heavy atom. The van der Waals surface area contributed by atoms with Crippen LogP contribution in [0.25, 0.3) is 0 Å². The van der Waals surface area contributed by atoms with Crippen molar-refractivity contribution in [3.63, 3.8) is 0 Å². The molecule has 0 N–H and O–H groups in total. The predicted molar refractivity (Wildman–Crippen MR) is 115 cm³/mol. The van der Waals surface area contributed by atoms with Gasteiger partial charge < -0.3 is 6.92 Å². The Bertz CT molecular complexity index is 772. The third-order valence-corrected chi connectivity index (χ3v) is 4.74. The van der Waals surface area contributed by atoms with Crippen molar-refractivity contribution in [1.82, 2.24) is 0 Å². The van der Waals surface area contributed by atoms with Gasteiger partial charge in [0, 0.05) is 78.4 Å². The Morgan fingerprint density at radius 3 is 2.30 bits per heavy atom. The van der Waals surface area contributed by atoms with Crippen molar-refractivity contribution in [2.24, 2.45) is 9.98 Å². The van der Waals surface area contributed by atoms with Crippen molar-refractivity contribution in [3.8, 4) is 0 Å². The predicted octanol–water partition coefficient (Wildman–Crippen LogP) is 6.68. The van der Waals surface area contributed by atoms with Gasteiger partial charge in [-0.25, -0.2) is 0 Å². The molecule has 2 aromatic carbocycles. The average molecular weight is 477 g/mol. The molecule has 0 bridgehead atoms. The number of aliphatic imine (C=N–C) groups is 2. The van der Waals surface area contributed by atoms with Gasteiger partial charge in [-0.3, -0.25) is 9.98 Å². The molecule has 0 fully saturated rings. The summed E-state index contributed by atoms with van der Waals surface area (Å²) in [4.78, 5) is 8.84. The molecule has 27 heavy (non-hydrogen) atoms. The smallest absolute Gasteiger partial charge is 0.0496 e. The van der Waals surface area contributed by atoms with Gasteiger partial charge in [-0.05, 0) is 38.3 Å². The molecule has 0 saturated heterocycles. The summed E-state index contributed by atoms with van der Waals surface area (Å²) in [5, 5.41) is 1.58. The van der Waals surface area contributed by atoms with Crippen molar-refractivity contribution in [1.29, 1.82) is 0 Å². The van der Waals surface area contributed by atoms with Gasteiger partial charge in [0.15, 0.2) is 0 Å². The molecule has 1 radical (unpaired) electrons. The van der Waals surface area contributed by atoms with Gasteiger partial charge in [0.1, 0.15) is 0 Å². The maximum atomic E-state index is 6.08. The van der Waals surface area contributed by atoms with Crippen LogP contribution in [0, 0.1) is 6.92 Å². The number of hydrogen-bond donors (Lipinski definition) is 0. The number of halogens is 2. The average Bonchev–Trinajstić information content (AvgIpc) is 2.68. The quantitative estimate of drug-likeness (QED) is 0.347. The summed E-state index contributed by atoms with van der Waals surface area (Å²) >= 11 is 12.1. The zero-order chi connectivity index (χ0) is 18.8. The molecule has 0 saturated carbocycles. The minimum absolute atomic E-state index is 0. The molecule has 0 unspecified atom stereocenters. The third-order valence-electron chi connectivity index (χ3n) is 4.08. The monoisotopic (exact) mass is 476 g/mol. The van der Waals surface area contributed by atoms with Crippen LogP contribution in [-0.2, 0) is 32.7 Å². The topological polar surface area (TPSA) is 24.7 Å². The summed E-state index contributed by atoms with van der Waals surface area (Å²) in [6.45, 7) is 7.42. The summed E-state index contributed by atoms with van der Waals surface area (Å²) in [5.74, 6) is 0. The standard InChI is InChI=1S/C11H12ClN.C11H13ClN.Y/c12-10-6-2-1-5-9(10)11-7-3-4-8-13-11;1-3-8-13-9(2)10-6-4-5-7-11(10)12;/h1-2,5-6H,3-4,7-8H2;4-7H,1,3,8H2,2H3;/q;-1;. The molecule has 0 aliphatic carbocycles.